The van der Waals surface area contributed by atoms with Gasteiger partial charge in [0.05, 0.1) is 0 Å². The van der Waals surface area contributed by atoms with Gasteiger partial charge in [0.25, 0.3) is 0 Å². The van der Waals surface area contributed by atoms with E-state index in [1.54, 1.807) is 0 Å². The number of hydrogen-bond donors (Lipinski definition) is 3. The van der Waals surface area contributed by atoms with Crippen molar-refractivity contribution in [1.82, 2.24) is 0 Å². The molecule has 78 valence electrons. The molecule has 0 heterocycles. The van der Waals surface area contributed by atoms with Gasteiger partial charge in [-0.25, -0.2) is 0 Å². The average molecular weight is 269 g/mol. The average Bonchev–Trinajstić information content (AvgIpc) is 1.88. The standard InChI is InChI=1S/C6H14N2O2.CH4.Pd/c7-4-2-1-3-5(8)6(9)10;;/h5H,1-4,7-8H2,(H,9,10);1H4;/t5-;;/m0../s1. The Labute approximate surface area is 87.3 Å². The largest absolute Gasteiger partial charge is 0.480 e. The molecule has 0 aliphatic carbocycles. The van der Waals surface area contributed by atoms with Crippen molar-refractivity contribution < 1.29 is 30.3 Å². The van der Waals surface area contributed by atoms with Gasteiger partial charge < -0.3 is 16.6 Å². The summed E-state index contributed by atoms with van der Waals surface area (Å²) in [5, 5.41) is 8.33. The monoisotopic (exact) mass is 268 g/mol. The summed E-state index contributed by atoms with van der Waals surface area (Å²) in [5.41, 5.74) is 10.4. The Morgan fingerprint density at radius 2 is 1.92 bits per heavy atom. The van der Waals surface area contributed by atoms with E-state index in [2.05, 4.69) is 0 Å². The van der Waals surface area contributed by atoms with Gasteiger partial charge in [0.1, 0.15) is 6.04 Å². The van der Waals surface area contributed by atoms with Crippen molar-refractivity contribution in [2.75, 3.05) is 6.54 Å². The van der Waals surface area contributed by atoms with E-state index in [9.17, 15) is 4.79 Å². The van der Waals surface area contributed by atoms with Gasteiger partial charge in [0.15, 0.2) is 0 Å². The van der Waals surface area contributed by atoms with Crippen molar-refractivity contribution in [1.29, 1.82) is 0 Å². The predicted octanol–water partition coefficient (Wildman–Crippen LogP) is 0.161. The Morgan fingerprint density at radius 3 is 2.25 bits per heavy atom. The van der Waals surface area contributed by atoms with Crippen molar-refractivity contribution in [3.05, 3.63) is 0 Å². The van der Waals surface area contributed by atoms with Crippen molar-refractivity contribution in [2.45, 2.75) is 32.7 Å². The molecule has 0 aromatic rings. The van der Waals surface area contributed by atoms with Crippen molar-refractivity contribution >= 4 is 5.97 Å². The van der Waals surface area contributed by atoms with Crippen LogP contribution in [0.1, 0.15) is 26.7 Å². The van der Waals surface area contributed by atoms with Crippen LogP contribution >= 0.6 is 0 Å². The van der Waals surface area contributed by atoms with Crippen LogP contribution in [0.5, 0.6) is 0 Å². The molecule has 0 aliphatic rings. The number of carboxylic acids is 1. The molecule has 12 heavy (non-hydrogen) atoms. The van der Waals surface area contributed by atoms with E-state index >= 15 is 0 Å². The number of carboxylic acid groups (broad SMARTS) is 1. The van der Waals surface area contributed by atoms with E-state index in [1.165, 1.54) is 0 Å². The molecule has 0 saturated carbocycles. The Morgan fingerprint density at radius 1 is 1.42 bits per heavy atom. The molecule has 0 spiro atoms. The maximum Gasteiger partial charge on any atom is 0.320 e. The van der Waals surface area contributed by atoms with Gasteiger partial charge in [-0.1, -0.05) is 13.8 Å². The molecule has 0 rings (SSSR count). The molecule has 0 unspecified atom stereocenters. The zero-order valence-corrected chi connectivity index (χ0v) is 7.79. The summed E-state index contributed by atoms with van der Waals surface area (Å²) in [6.07, 6.45) is 2.16. The van der Waals surface area contributed by atoms with Gasteiger partial charge in [-0.2, -0.15) is 0 Å². The first-order valence-corrected chi connectivity index (χ1v) is 3.37. The second-order valence-electron chi connectivity index (χ2n) is 2.23. The van der Waals surface area contributed by atoms with Crippen LogP contribution in [0.4, 0.5) is 0 Å². The summed E-state index contributed by atoms with van der Waals surface area (Å²) in [5.74, 6) is -0.933. The minimum absolute atomic E-state index is 0. The van der Waals surface area contributed by atoms with Gasteiger partial charge in [0, 0.05) is 20.4 Å². The normalized spacial score (nSPS) is 10.8. The fourth-order valence-corrected chi connectivity index (χ4v) is 0.632. The molecule has 0 amide bonds. The molecule has 0 aromatic heterocycles. The summed E-state index contributed by atoms with van der Waals surface area (Å²) in [6, 6.07) is -0.716. The van der Waals surface area contributed by atoms with Crippen LogP contribution in [0.15, 0.2) is 0 Å². The molecule has 5 heteroatoms. The zero-order chi connectivity index (χ0) is 7.98. The van der Waals surface area contributed by atoms with E-state index in [-0.39, 0.29) is 27.8 Å². The maximum absolute atomic E-state index is 10.1. The van der Waals surface area contributed by atoms with E-state index in [0.717, 1.165) is 12.8 Å². The summed E-state index contributed by atoms with van der Waals surface area (Å²) in [6.45, 7) is 0.604. The van der Waals surface area contributed by atoms with Crippen LogP contribution < -0.4 is 11.5 Å². The van der Waals surface area contributed by atoms with E-state index < -0.39 is 12.0 Å². The fourth-order valence-electron chi connectivity index (χ4n) is 0.632. The molecule has 0 radical (unpaired) electrons. The number of hydrogen-bond acceptors (Lipinski definition) is 3. The fraction of sp³-hybridized carbons (Fsp3) is 0.857. The third kappa shape index (κ3) is 10.1. The van der Waals surface area contributed by atoms with Gasteiger partial charge in [-0.3, -0.25) is 4.79 Å². The number of aliphatic carboxylic acids is 1. The second kappa shape index (κ2) is 11.1. The first-order chi connectivity index (χ1) is 4.68. The summed E-state index contributed by atoms with van der Waals surface area (Å²) in [7, 11) is 0. The molecule has 0 aromatic carbocycles. The smallest absolute Gasteiger partial charge is 0.320 e. The third-order valence-corrected chi connectivity index (χ3v) is 1.29. The van der Waals surface area contributed by atoms with Gasteiger partial charge >= 0.3 is 5.97 Å². The van der Waals surface area contributed by atoms with Crippen LogP contribution in [0.25, 0.3) is 0 Å². The molecule has 0 bridgehead atoms. The Kier molecular flexibility index (Phi) is 16.5. The predicted molar refractivity (Wildman–Crippen MR) is 45.2 cm³/mol. The molecular formula is C7H18N2O2Pd. The summed E-state index contributed by atoms with van der Waals surface area (Å²) < 4.78 is 0. The Balaban J connectivity index is -0.000000405. The van der Waals surface area contributed by atoms with Crippen molar-refractivity contribution in [3.63, 3.8) is 0 Å². The Hall–Kier alpha value is 0.0523. The minimum Gasteiger partial charge on any atom is -0.480 e. The third-order valence-electron chi connectivity index (χ3n) is 1.29. The Bertz CT molecular complexity index is 112. The number of rotatable bonds is 5. The van der Waals surface area contributed by atoms with Crippen LogP contribution in [0.2, 0.25) is 0 Å². The van der Waals surface area contributed by atoms with Gasteiger partial charge in [0.2, 0.25) is 0 Å². The van der Waals surface area contributed by atoms with Crippen LogP contribution in [-0.4, -0.2) is 23.7 Å². The minimum atomic E-state index is -0.933. The zero-order valence-electron chi connectivity index (χ0n) is 6.23. The van der Waals surface area contributed by atoms with E-state index in [1.807, 2.05) is 0 Å². The van der Waals surface area contributed by atoms with E-state index in [4.69, 9.17) is 16.6 Å². The number of carbonyl (C=O) groups is 1. The van der Waals surface area contributed by atoms with Crippen molar-refractivity contribution in [3.8, 4) is 0 Å². The maximum atomic E-state index is 10.1. The van der Waals surface area contributed by atoms with Crippen LogP contribution in [0.3, 0.4) is 0 Å². The molecule has 0 saturated heterocycles. The molecule has 0 aliphatic heterocycles. The van der Waals surface area contributed by atoms with E-state index in [0.29, 0.717) is 13.0 Å². The molecule has 1 atom stereocenters. The summed E-state index contributed by atoms with van der Waals surface area (Å²) >= 11 is 0. The first kappa shape index (κ1) is 18.0. The van der Waals surface area contributed by atoms with Gasteiger partial charge in [-0.05, 0) is 19.4 Å². The number of unbranched alkanes of at least 4 members (excludes halogenated alkanes) is 1. The second-order valence-corrected chi connectivity index (χ2v) is 2.23. The molecule has 4 nitrogen and oxygen atoms in total. The first-order valence-electron chi connectivity index (χ1n) is 3.37. The SMILES string of the molecule is C.NCCCC[C@H](N)C(=O)O.[Pd]. The van der Waals surface area contributed by atoms with Crippen molar-refractivity contribution in [2.24, 2.45) is 11.5 Å². The quantitative estimate of drug-likeness (QED) is 0.489. The molecule has 0 fully saturated rings. The number of nitrogens with two attached hydrogens (primary N) is 2. The van der Waals surface area contributed by atoms with Crippen LogP contribution in [-0.2, 0) is 25.2 Å². The topological polar surface area (TPSA) is 89.3 Å². The molecular weight excluding hydrogens is 251 g/mol. The van der Waals surface area contributed by atoms with Crippen LogP contribution in [0, 0.1) is 0 Å². The molecule has 5 N–H and O–H groups in total. The van der Waals surface area contributed by atoms with Gasteiger partial charge in [-0.15, -0.1) is 0 Å². The summed E-state index contributed by atoms with van der Waals surface area (Å²) in [4.78, 5) is 10.1.